The average molecular weight is 246 g/mol. The highest BCUT2D eigenvalue weighted by atomic mass is 16.5. The Morgan fingerprint density at radius 2 is 1.89 bits per heavy atom. The lowest BCUT2D eigenvalue weighted by Crippen LogP contribution is -2.47. The molecule has 0 aliphatic carbocycles. The molecule has 1 aromatic carbocycles. The fraction of sp³-hybridized carbons (Fsp3) is 0.625. The number of rotatable bonds is 0. The SMILES string of the molecule is Cc1ccc(C)c2c1OC(C)(C)[C@H]1CCCO[C@H]21. The van der Waals surface area contributed by atoms with Gasteiger partial charge in [0.05, 0.1) is 6.10 Å². The molecule has 98 valence electrons. The third-order valence-electron chi connectivity index (χ3n) is 4.48. The summed E-state index contributed by atoms with van der Waals surface area (Å²) in [5.41, 5.74) is 3.68. The van der Waals surface area contributed by atoms with E-state index in [2.05, 4.69) is 39.8 Å². The Bertz CT molecular complexity index is 476. The van der Waals surface area contributed by atoms with Crippen LogP contribution in [0.3, 0.4) is 0 Å². The minimum Gasteiger partial charge on any atom is -0.487 e. The Hall–Kier alpha value is -1.02. The third kappa shape index (κ3) is 1.66. The molecule has 2 heteroatoms. The molecular formula is C16H22O2. The number of hydrogen-bond acceptors (Lipinski definition) is 2. The van der Waals surface area contributed by atoms with Gasteiger partial charge in [-0.2, -0.15) is 0 Å². The molecule has 0 aromatic heterocycles. The lowest BCUT2D eigenvalue weighted by atomic mass is 9.75. The summed E-state index contributed by atoms with van der Waals surface area (Å²) in [5.74, 6) is 1.53. The van der Waals surface area contributed by atoms with Crippen LogP contribution in [0.2, 0.25) is 0 Å². The van der Waals surface area contributed by atoms with E-state index in [1.54, 1.807) is 0 Å². The molecule has 0 saturated carbocycles. The van der Waals surface area contributed by atoms with Crippen LogP contribution < -0.4 is 4.74 Å². The van der Waals surface area contributed by atoms with Gasteiger partial charge in [0.2, 0.25) is 0 Å². The van der Waals surface area contributed by atoms with E-state index in [1.807, 2.05) is 0 Å². The lowest BCUT2D eigenvalue weighted by molar-refractivity contribution is -0.117. The van der Waals surface area contributed by atoms with E-state index in [1.165, 1.54) is 23.1 Å². The van der Waals surface area contributed by atoms with Crippen molar-refractivity contribution >= 4 is 0 Å². The minimum atomic E-state index is -0.128. The first-order valence-electron chi connectivity index (χ1n) is 6.91. The third-order valence-corrected chi connectivity index (χ3v) is 4.48. The van der Waals surface area contributed by atoms with Crippen molar-refractivity contribution in [2.75, 3.05) is 6.61 Å². The zero-order valence-corrected chi connectivity index (χ0v) is 11.7. The number of ether oxygens (including phenoxy) is 2. The highest BCUT2D eigenvalue weighted by Crippen LogP contribution is 2.51. The first kappa shape index (κ1) is 12.0. The molecule has 0 amide bonds. The molecule has 1 fully saturated rings. The van der Waals surface area contributed by atoms with Crippen LogP contribution in [0.25, 0.3) is 0 Å². The molecule has 0 bridgehead atoms. The van der Waals surface area contributed by atoms with E-state index in [0.717, 1.165) is 18.8 Å². The summed E-state index contributed by atoms with van der Waals surface area (Å²) >= 11 is 0. The van der Waals surface area contributed by atoms with E-state index in [4.69, 9.17) is 9.47 Å². The maximum Gasteiger partial charge on any atom is 0.129 e. The smallest absolute Gasteiger partial charge is 0.129 e. The normalized spacial score (nSPS) is 29.1. The maximum atomic E-state index is 6.32. The standard InChI is InChI=1S/C16H22O2/c1-10-7-8-11(2)14-13(10)15-12(6-5-9-17-15)16(3,4)18-14/h7-8,12,15H,5-6,9H2,1-4H3/t12-,15-/m0/s1. The topological polar surface area (TPSA) is 18.5 Å². The molecule has 1 saturated heterocycles. The molecule has 0 radical (unpaired) electrons. The Morgan fingerprint density at radius 1 is 1.17 bits per heavy atom. The van der Waals surface area contributed by atoms with Crippen LogP contribution in [0.1, 0.15) is 49.5 Å². The van der Waals surface area contributed by atoms with Crippen LogP contribution in [0, 0.1) is 19.8 Å². The summed E-state index contributed by atoms with van der Waals surface area (Å²) in [4.78, 5) is 0. The van der Waals surface area contributed by atoms with Crippen LogP contribution in [0.4, 0.5) is 0 Å². The minimum absolute atomic E-state index is 0.128. The van der Waals surface area contributed by atoms with Gasteiger partial charge in [-0.05, 0) is 51.7 Å². The summed E-state index contributed by atoms with van der Waals surface area (Å²) in [5, 5.41) is 0. The zero-order valence-electron chi connectivity index (χ0n) is 11.7. The van der Waals surface area contributed by atoms with E-state index in [0.29, 0.717) is 5.92 Å². The predicted octanol–water partition coefficient (Wildman–Crippen LogP) is 3.94. The average Bonchev–Trinajstić information content (AvgIpc) is 2.34. The van der Waals surface area contributed by atoms with Crippen LogP contribution in [-0.2, 0) is 4.74 Å². The molecule has 2 heterocycles. The van der Waals surface area contributed by atoms with E-state index >= 15 is 0 Å². The Balaban J connectivity index is 2.17. The van der Waals surface area contributed by atoms with Gasteiger partial charge in [-0.25, -0.2) is 0 Å². The summed E-state index contributed by atoms with van der Waals surface area (Å²) in [7, 11) is 0. The molecule has 3 rings (SSSR count). The monoisotopic (exact) mass is 246 g/mol. The Kier molecular flexibility index (Phi) is 2.67. The van der Waals surface area contributed by atoms with Gasteiger partial charge in [-0.1, -0.05) is 12.1 Å². The van der Waals surface area contributed by atoms with Gasteiger partial charge in [-0.3, -0.25) is 0 Å². The van der Waals surface area contributed by atoms with Crippen LogP contribution >= 0.6 is 0 Å². The van der Waals surface area contributed by atoms with Crippen molar-refractivity contribution in [2.24, 2.45) is 5.92 Å². The number of fused-ring (bicyclic) bond motifs is 3. The number of hydrogen-bond donors (Lipinski definition) is 0. The highest BCUT2D eigenvalue weighted by Gasteiger charge is 2.46. The molecule has 2 aliphatic heterocycles. The Labute approximate surface area is 109 Å². The maximum absolute atomic E-state index is 6.32. The quantitative estimate of drug-likeness (QED) is 0.690. The van der Waals surface area contributed by atoms with Crippen LogP contribution in [0.15, 0.2) is 12.1 Å². The zero-order chi connectivity index (χ0) is 12.9. The second-order valence-electron chi connectivity index (χ2n) is 6.19. The van der Waals surface area contributed by atoms with Gasteiger partial charge >= 0.3 is 0 Å². The molecule has 2 atom stereocenters. The fourth-order valence-corrected chi connectivity index (χ4v) is 3.41. The van der Waals surface area contributed by atoms with Gasteiger partial charge < -0.3 is 9.47 Å². The van der Waals surface area contributed by atoms with Crippen molar-refractivity contribution in [1.29, 1.82) is 0 Å². The Morgan fingerprint density at radius 3 is 2.67 bits per heavy atom. The van der Waals surface area contributed by atoms with Crippen molar-refractivity contribution < 1.29 is 9.47 Å². The van der Waals surface area contributed by atoms with Gasteiger partial charge in [0.25, 0.3) is 0 Å². The lowest BCUT2D eigenvalue weighted by Gasteiger charge is -2.47. The summed E-state index contributed by atoms with van der Waals surface area (Å²) in [6.07, 6.45) is 2.57. The first-order valence-corrected chi connectivity index (χ1v) is 6.91. The molecule has 1 aromatic rings. The summed E-state index contributed by atoms with van der Waals surface area (Å²) < 4.78 is 12.4. The fourth-order valence-electron chi connectivity index (χ4n) is 3.41. The summed E-state index contributed by atoms with van der Waals surface area (Å²) in [6.45, 7) is 9.56. The van der Waals surface area contributed by atoms with Gasteiger partial charge in [0.15, 0.2) is 0 Å². The van der Waals surface area contributed by atoms with E-state index in [-0.39, 0.29) is 11.7 Å². The second-order valence-corrected chi connectivity index (χ2v) is 6.19. The predicted molar refractivity (Wildman–Crippen MR) is 72.0 cm³/mol. The highest BCUT2D eigenvalue weighted by molar-refractivity contribution is 5.49. The van der Waals surface area contributed by atoms with E-state index in [9.17, 15) is 0 Å². The molecule has 2 nitrogen and oxygen atoms in total. The van der Waals surface area contributed by atoms with Crippen molar-refractivity contribution in [3.8, 4) is 5.75 Å². The van der Waals surface area contributed by atoms with Crippen molar-refractivity contribution in [2.45, 2.75) is 52.2 Å². The summed E-state index contributed by atoms with van der Waals surface area (Å²) in [6, 6.07) is 4.33. The molecule has 0 N–H and O–H groups in total. The van der Waals surface area contributed by atoms with Crippen molar-refractivity contribution in [1.82, 2.24) is 0 Å². The molecular weight excluding hydrogens is 224 g/mol. The van der Waals surface area contributed by atoms with E-state index < -0.39 is 0 Å². The second kappa shape index (κ2) is 3.99. The number of aryl methyl sites for hydroxylation is 2. The van der Waals surface area contributed by atoms with Crippen LogP contribution in [-0.4, -0.2) is 12.2 Å². The largest absolute Gasteiger partial charge is 0.487 e. The molecule has 0 spiro atoms. The van der Waals surface area contributed by atoms with Gasteiger partial charge in [-0.15, -0.1) is 0 Å². The molecule has 0 unspecified atom stereocenters. The van der Waals surface area contributed by atoms with Crippen LogP contribution in [0.5, 0.6) is 5.75 Å². The molecule has 18 heavy (non-hydrogen) atoms. The molecule has 2 aliphatic rings. The van der Waals surface area contributed by atoms with Gasteiger partial charge in [0, 0.05) is 18.1 Å². The first-order chi connectivity index (χ1) is 8.50. The number of benzene rings is 1. The van der Waals surface area contributed by atoms with Gasteiger partial charge in [0.1, 0.15) is 11.4 Å². The van der Waals surface area contributed by atoms with Crippen molar-refractivity contribution in [3.05, 3.63) is 28.8 Å². The van der Waals surface area contributed by atoms with Crippen molar-refractivity contribution in [3.63, 3.8) is 0 Å².